The van der Waals surface area contributed by atoms with Gasteiger partial charge in [-0.3, -0.25) is 4.98 Å². The molecule has 2 nitrogen and oxygen atoms in total. The number of pyridine rings is 1. The molecule has 0 unspecified atom stereocenters. The molecule has 0 saturated carbocycles. The predicted molar refractivity (Wildman–Crippen MR) is 56.3 cm³/mol. The number of benzene rings is 1. The number of ether oxygens (including phenoxy) is 1. The number of aromatic nitrogens is 1. The van der Waals surface area contributed by atoms with Crippen molar-refractivity contribution in [2.75, 3.05) is 6.61 Å². The summed E-state index contributed by atoms with van der Waals surface area (Å²) in [7, 11) is 5.85. The smallest absolute Gasteiger partial charge is 0.128 e. The molecular formula is C11H8BNO. The van der Waals surface area contributed by atoms with Crippen LogP contribution >= 0.6 is 0 Å². The summed E-state index contributed by atoms with van der Waals surface area (Å²) in [6.07, 6.45) is 2.75. The molecule has 0 N–H and O–H groups in total. The highest BCUT2D eigenvalue weighted by molar-refractivity contribution is 6.38. The lowest BCUT2D eigenvalue weighted by Gasteiger charge is -2.18. The SMILES string of the molecule is [B]c1ccc2c3c(ccnc13)CCO2. The predicted octanol–water partition coefficient (Wildman–Crippen LogP) is 0.963. The molecule has 1 aromatic heterocycles. The van der Waals surface area contributed by atoms with E-state index in [9.17, 15) is 0 Å². The van der Waals surface area contributed by atoms with Crippen molar-refractivity contribution in [2.24, 2.45) is 0 Å². The van der Waals surface area contributed by atoms with Crippen molar-refractivity contribution in [3.05, 3.63) is 30.0 Å². The van der Waals surface area contributed by atoms with Crippen LogP contribution in [0.15, 0.2) is 24.4 Å². The standard InChI is InChI=1S/C11H8BNO/c12-8-1-2-9-10-7(4-6-14-9)3-5-13-11(8)10/h1-3,5H,4,6H2. The lowest BCUT2D eigenvalue weighted by atomic mass is 9.90. The van der Waals surface area contributed by atoms with Crippen LogP contribution in [0.5, 0.6) is 5.75 Å². The van der Waals surface area contributed by atoms with Crippen molar-refractivity contribution in [3.63, 3.8) is 0 Å². The van der Waals surface area contributed by atoms with Crippen LogP contribution in [-0.2, 0) is 6.42 Å². The van der Waals surface area contributed by atoms with Gasteiger partial charge in [0.25, 0.3) is 0 Å². The van der Waals surface area contributed by atoms with Crippen molar-refractivity contribution in [2.45, 2.75) is 6.42 Å². The van der Waals surface area contributed by atoms with Gasteiger partial charge in [0.1, 0.15) is 13.6 Å². The highest BCUT2D eigenvalue weighted by Gasteiger charge is 2.14. The van der Waals surface area contributed by atoms with Gasteiger partial charge in [-0.2, -0.15) is 0 Å². The van der Waals surface area contributed by atoms with E-state index in [0.29, 0.717) is 0 Å². The van der Waals surface area contributed by atoms with E-state index < -0.39 is 0 Å². The maximum absolute atomic E-state index is 5.85. The number of hydrogen-bond acceptors (Lipinski definition) is 2. The van der Waals surface area contributed by atoms with Crippen molar-refractivity contribution < 1.29 is 4.74 Å². The Bertz CT molecular complexity index is 500. The van der Waals surface area contributed by atoms with E-state index in [1.165, 1.54) is 5.56 Å². The van der Waals surface area contributed by atoms with Gasteiger partial charge in [-0.1, -0.05) is 11.5 Å². The van der Waals surface area contributed by atoms with E-state index in [0.717, 1.165) is 35.1 Å². The van der Waals surface area contributed by atoms with E-state index in [1.807, 2.05) is 24.4 Å². The Kier molecular flexibility index (Phi) is 1.54. The first-order chi connectivity index (χ1) is 6.86. The van der Waals surface area contributed by atoms with Crippen molar-refractivity contribution in [1.82, 2.24) is 4.98 Å². The van der Waals surface area contributed by atoms with Crippen LogP contribution in [0.2, 0.25) is 0 Å². The molecule has 3 heteroatoms. The van der Waals surface area contributed by atoms with Gasteiger partial charge in [0.05, 0.1) is 12.1 Å². The first-order valence-electron chi connectivity index (χ1n) is 4.65. The molecular weight excluding hydrogens is 173 g/mol. The molecule has 0 saturated heterocycles. The molecule has 3 rings (SSSR count). The van der Waals surface area contributed by atoms with Gasteiger partial charge in [-0.25, -0.2) is 0 Å². The monoisotopic (exact) mass is 181 g/mol. The molecule has 14 heavy (non-hydrogen) atoms. The van der Waals surface area contributed by atoms with Gasteiger partial charge in [-0.15, -0.1) is 0 Å². The average molecular weight is 181 g/mol. The van der Waals surface area contributed by atoms with Crippen molar-refractivity contribution in [1.29, 1.82) is 0 Å². The topological polar surface area (TPSA) is 22.1 Å². The van der Waals surface area contributed by atoms with Crippen LogP contribution in [0, 0.1) is 0 Å². The van der Waals surface area contributed by atoms with Gasteiger partial charge in [0.15, 0.2) is 0 Å². The molecule has 0 aliphatic carbocycles. The second-order valence-corrected chi connectivity index (χ2v) is 3.45. The maximum atomic E-state index is 5.85. The summed E-state index contributed by atoms with van der Waals surface area (Å²) in [5.74, 6) is 0.906. The van der Waals surface area contributed by atoms with Gasteiger partial charge in [0, 0.05) is 18.0 Å². The second kappa shape index (κ2) is 2.74. The summed E-state index contributed by atoms with van der Waals surface area (Å²) in [6.45, 7) is 0.746. The molecule has 1 aliphatic rings. The summed E-state index contributed by atoms with van der Waals surface area (Å²) in [5.41, 5.74) is 2.86. The molecule has 2 heterocycles. The van der Waals surface area contributed by atoms with Crippen LogP contribution in [0.3, 0.4) is 0 Å². The average Bonchev–Trinajstić information content (AvgIpc) is 2.24. The molecule has 0 atom stereocenters. The van der Waals surface area contributed by atoms with Crippen molar-refractivity contribution in [3.8, 4) is 5.75 Å². The van der Waals surface area contributed by atoms with Gasteiger partial charge in [-0.05, 0) is 17.7 Å². The van der Waals surface area contributed by atoms with Gasteiger partial charge in [0.2, 0.25) is 0 Å². The molecule has 0 spiro atoms. The largest absolute Gasteiger partial charge is 0.493 e. The van der Waals surface area contributed by atoms with Crippen molar-refractivity contribution >= 4 is 24.2 Å². The number of nitrogens with zero attached hydrogens (tertiary/aromatic N) is 1. The van der Waals surface area contributed by atoms with Crippen LogP contribution in [0.4, 0.5) is 0 Å². The van der Waals surface area contributed by atoms with Gasteiger partial charge >= 0.3 is 0 Å². The third kappa shape index (κ3) is 0.954. The first kappa shape index (κ1) is 7.86. The van der Waals surface area contributed by atoms with Gasteiger partial charge < -0.3 is 4.74 Å². The zero-order valence-corrected chi connectivity index (χ0v) is 7.66. The Labute approximate surface area is 83.3 Å². The van der Waals surface area contributed by atoms with Crippen LogP contribution in [0.25, 0.3) is 10.9 Å². The van der Waals surface area contributed by atoms with E-state index in [4.69, 9.17) is 12.6 Å². The molecule has 2 aromatic rings. The van der Waals surface area contributed by atoms with E-state index in [-0.39, 0.29) is 0 Å². The molecule has 1 aromatic carbocycles. The summed E-state index contributed by atoms with van der Waals surface area (Å²) in [5, 5.41) is 1.08. The fraction of sp³-hybridized carbons (Fsp3) is 0.182. The Morgan fingerprint density at radius 3 is 3.14 bits per heavy atom. The van der Waals surface area contributed by atoms with E-state index >= 15 is 0 Å². The molecule has 2 radical (unpaired) electrons. The molecule has 0 amide bonds. The Balaban J connectivity index is 2.51. The summed E-state index contributed by atoms with van der Waals surface area (Å²) >= 11 is 0. The summed E-state index contributed by atoms with van der Waals surface area (Å²) < 4.78 is 5.55. The van der Waals surface area contributed by atoms with E-state index in [1.54, 1.807) is 0 Å². The first-order valence-corrected chi connectivity index (χ1v) is 4.65. The minimum Gasteiger partial charge on any atom is -0.493 e. The lowest BCUT2D eigenvalue weighted by Crippen LogP contribution is -2.13. The lowest BCUT2D eigenvalue weighted by molar-refractivity contribution is 0.318. The Morgan fingerprint density at radius 2 is 2.21 bits per heavy atom. The zero-order chi connectivity index (χ0) is 9.54. The third-order valence-corrected chi connectivity index (χ3v) is 2.60. The second-order valence-electron chi connectivity index (χ2n) is 3.45. The summed E-state index contributed by atoms with van der Waals surface area (Å²) in [4.78, 5) is 4.28. The molecule has 0 fully saturated rings. The minimum absolute atomic E-state index is 0.719. The Morgan fingerprint density at radius 1 is 1.29 bits per heavy atom. The van der Waals surface area contributed by atoms with Crippen LogP contribution < -0.4 is 10.2 Å². The Hall–Kier alpha value is -1.51. The fourth-order valence-electron chi connectivity index (χ4n) is 1.92. The third-order valence-electron chi connectivity index (χ3n) is 2.60. The fourth-order valence-corrected chi connectivity index (χ4v) is 1.92. The number of rotatable bonds is 0. The van der Waals surface area contributed by atoms with E-state index in [2.05, 4.69) is 4.98 Å². The molecule has 66 valence electrons. The van der Waals surface area contributed by atoms with Crippen LogP contribution in [0.1, 0.15) is 5.56 Å². The zero-order valence-electron chi connectivity index (χ0n) is 7.66. The highest BCUT2D eigenvalue weighted by atomic mass is 16.5. The molecule has 0 bridgehead atoms. The normalized spacial score (nSPS) is 14.0. The molecule has 1 aliphatic heterocycles. The summed E-state index contributed by atoms with van der Waals surface area (Å²) in [6, 6.07) is 5.80. The quantitative estimate of drug-likeness (QED) is 0.564. The van der Waals surface area contributed by atoms with Crippen LogP contribution in [-0.4, -0.2) is 19.4 Å². The minimum atomic E-state index is 0.719. The number of hydrogen-bond donors (Lipinski definition) is 0. The maximum Gasteiger partial charge on any atom is 0.128 e. The highest BCUT2D eigenvalue weighted by Crippen LogP contribution is 2.29.